The van der Waals surface area contributed by atoms with Gasteiger partial charge in [-0.1, -0.05) is 0 Å². The van der Waals surface area contributed by atoms with Crippen LogP contribution in [0.3, 0.4) is 0 Å². The van der Waals surface area contributed by atoms with E-state index in [0.717, 1.165) is 11.5 Å². The monoisotopic (exact) mass is 293 g/mol. The Morgan fingerprint density at radius 2 is 2.29 bits per heavy atom. The first-order valence-corrected chi connectivity index (χ1v) is 7.21. The molecule has 21 heavy (non-hydrogen) atoms. The van der Waals surface area contributed by atoms with Crippen LogP contribution in [0.2, 0.25) is 0 Å². The molecule has 0 radical (unpaired) electrons. The highest BCUT2D eigenvalue weighted by atomic mass is 16.5. The van der Waals surface area contributed by atoms with Crippen LogP contribution in [0, 0.1) is 0 Å². The van der Waals surface area contributed by atoms with Gasteiger partial charge >= 0.3 is 0 Å². The number of nitrogens with zero attached hydrogens (tertiary/aromatic N) is 3. The maximum absolute atomic E-state index is 12.2. The van der Waals surface area contributed by atoms with Crippen molar-refractivity contribution in [2.75, 3.05) is 32.1 Å². The fourth-order valence-corrected chi connectivity index (χ4v) is 2.22. The minimum Gasteiger partial charge on any atom is -0.378 e. The van der Waals surface area contributed by atoms with E-state index in [9.17, 15) is 4.79 Å². The highest BCUT2D eigenvalue weighted by molar-refractivity contribution is 5.82. The first kappa shape index (κ1) is 15.7. The third kappa shape index (κ3) is 4.37. The van der Waals surface area contributed by atoms with Gasteiger partial charge in [0.05, 0.1) is 31.3 Å². The molecular formula is C14H23N5O2. The van der Waals surface area contributed by atoms with Crippen LogP contribution < -0.4 is 10.6 Å². The van der Waals surface area contributed by atoms with E-state index in [1.807, 2.05) is 13.8 Å². The zero-order chi connectivity index (χ0) is 15.2. The van der Waals surface area contributed by atoms with Crippen molar-refractivity contribution in [3.63, 3.8) is 0 Å². The molecule has 0 saturated carbocycles. The number of hydrogen-bond donors (Lipinski definition) is 2. The molecule has 2 rings (SSSR count). The van der Waals surface area contributed by atoms with Gasteiger partial charge in [0.2, 0.25) is 5.91 Å². The molecule has 2 N–H and O–H groups in total. The predicted molar refractivity (Wildman–Crippen MR) is 79.9 cm³/mol. The lowest BCUT2D eigenvalue weighted by Gasteiger charge is -2.34. The van der Waals surface area contributed by atoms with Gasteiger partial charge in [-0.25, -0.2) is 4.98 Å². The first-order valence-electron chi connectivity index (χ1n) is 7.21. The van der Waals surface area contributed by atoms with Crippen molar-refractivity contribution >= 4 is 11.7 Å². The normalized spacial score (nSPS) is 19.5. The summed E-state index contributed by atoms with van der Waals surface area (Å²) in [7, 11) is 1.80. The fourth-order valence-electron chi connectivity index (χ4n) is 2.22. The van der Waals surface area contributed by atoms with E-state index in [1.54, 1.807) is 19.4 Å². The average Bonchev–Trinajstić information content (AvgIpc) is 2.48. The predicted octanol–water partition coefficient (Wildman–Crippen LogP) is 0.244. The number of aromatic nitrogens is 2. The van der Waals surface area contributed by atoms with Crippen LogP contribution in [0.4, 0.5) is 5.82 Å². The van der Waals surface area contributed by atoms with Gasteiger partial charge in [0.25, 0.3) is 0 Å². The standard InChI is InChI=1S/C14H23N5O2/c1-10(2)18-14(20)12-9-21-5-4-19(12)8-11-6-17-13(15-3)7-16-11/h6-7,10,12H,4-5,8-9H2,1-3H3,(H,15,17)(H,18,20). The van der Waals surface area contributed by atoms with Crippen LogP contribution in [0.15, 0.2) is 12.4 Å². The van der Waals surface area contributed by atoms with Crippen LogP contribution in [0.1, 0.15) is 19.5 Å². The molecular weight excluding hydrogens is 270 g/mol. The number of amides is 1. The summed E-state index contributed by atoms with van der Waals surface area (Å²) in [5.74, 6) is 0.735. The second-order valence-electron chi connectivity index (χ2n) is 5.37. The quantitative estimate of drug-likeness (QED) is 0.810. The lowest BCUT2D eigenvalue weighted by atomic mass is 10.2. The zero-order valence-corrected chi connectivity index (χ0v) is 12.8. The number of carbonyl (C=O) groups is 1. The molecule has 0 aliphatic carbocycles. The third-order valence-electron chi connectivity index (χ3n) is 3.30. The molecule has 1 aliphatic heterocycles. The molecule has 7 heteroatoms. The summed E-state index contributed by atoms with van der Waals surface area (Å²) in [6, 6.07) is -0.150. The molecule has 1 aromatic rings. The summed E-state index contributed by atoms with van der Waals surface area (Å²) in [5, 5.41) is 5.87. The summed E-state index contributed by atoms with van der Waals surface area (Å²) < 4.78 is 5.44. The van der Waals surface area contributed by atoms with Crippen molar-refractivity contribution in [3.8, 4) is 0 Å². The molecule has 1 fully saturated rings. The topological polar surface area (TPSA) is 79.4 Å². The molecule has 1 saturated heterocycles. The van der Waals surface area contributed by atoms with Gasteiger partial charge < -0.3 is 15.4 Å². The molecule has 7 nitrogen and oxygen atoms in total. The molecule has 0 spiro atoms. The lowest BCUT2D eigenvalue weighted by Crippen LogP contribution is -2.54. The van der Waals surface area contributed by atoms with E-state index >= 15 is 0 Å². The SMILES string of the molecule is CNc1cnc(CN2CCOCC2C(=O)NC(C)C)cn1. The lowest BCUT2D eigenvalue weighted by molar-refractivity contribution is -0.133. The molecule has 1 amide bonds. The third-order valence-corrected chi connectivity index (χ3v) is 3.30. The highest BCUT2D eigenvalue weighted by Crippen LogP contribution is 2.12. The number of anilines is 1. The average molecular weight is 293 g/mol. The summed E-state index contributed by atoms with van der Waals surface area (Å²) in [6.07, 6.45) is 3.43. The Hall–Kier alpha value is -1.73. The van der Waals surface area contributed by atoms with Crippen LogP contribution in [0.5, 0.6) is 0 Å². The number of carbonyl (C=O) groups excluding carboxylic acids is 1. The molecule has 2 heterocycles. The molecule has 1 aromatic heterocycles. The van der Waals surface area contributed by atoms with E-state index in [0.29, 0.717) is 26.3 Å². The van der Waals surface area contributed by atoms with Crippen molar-refractivity contribution in [2.24, 2.45) is 0 Å². The van der Waals surface area contributed by atoms with Crippen LogP contribution in [-0.4, -0.2) is 59.7 Å². The molecule has 116 valence electrons. The Balaban J connectivity index is 2.02. The second-order valence-corrected chi connectivity index (χ2v) is 5.37. The summed E-state index contributed by atoms with van der Waals surface area (Å²) in [6.45, 7) is 6.26. The summed E-state index contributed by atoms with van der Waals surface area (Å²) >= 11 is 0. The van der Waals surface area contributed by atoms with E-state index < -0.39 is 0 Å². The van der Waals surface area contributed by atoms with Gasteiger partial charge in [0.1, 0.15) is 11.9 Å². The number of hydrogen-bond acceptors (Lipinski definition) is 6. The molecule has 1 atom stereocenters. The van der Waals surface area contributed by atoms with Crippen LogP contribution in [0.25, 0.3) is 0 Å². The molecule has 0 aromatic carbocycles. The number of rotatable bonds is 5. The van der Waals surface area contributed by atoms with Gasteiger partial charge in [-0.3, -0.25) is 14.7 Å². The summed E-state index contributed by atoms with van der Waals surface area (Å²) in [5.41, 5.74) is 0.846. The zero-order valence-electron chi connectivity index (χ0n) is 12.8. The molecule has 1 aliphatic rings. The Labute approximate surface area is 125 Å². The van der Waals surface area contributed by atoms with Crippen molar-refractivity contribution in [1.82, 2.24) is 20.2 Å². The molecule has 0 bridgehead atoms. The van der Waals surface area contributed by atoms with Crippen molar-refractivity contribution in [2.45, 2.75) is 32.5 Å². The Morgan fingerprint density at radius 1 is 1.48 bits per heavy atom. The molecule has 1 unspecified atom stereocenters. The Morgan fingerprint density at radius 3 is 2.90 bits per heavy atom. The number of ether oxygens (including phenoxy) is 1. The van der Waals surface area contributed by atoms with Gasteiger partial charge in [-0.2, -0.15) is 0 Å². The van der Waals surface area contributed by atoms with Gasteiger partial charge in [0.15, 0.2) is 0 Å². The van der Waals surface area contributed by atoms with Crippen LogP contribution in [-0.2, 0) is 16.1 Å². The minimum atomic E-state index is -0.271. The van der Waals surface area contributed by atoms with Crippen molar-refractivity contribution < 1.29 is 9.53 Å². The van der Waals surface area contributed by atoms with Crippen molar-refractivity contribution in [3.05, 3.63) is 18.1 Å². The summed E-state index contributed by atoms with van der Waals surface area (Å²) in [4.78, 5) is 22.9. The minimum absolute atomic E-state index is 0.00417. The first-order chi connectivity index (χ1) is 10.1. The van der Waals surface area contributed by atoms with E-state index in [4.69, 9.17) is 4.74 Å². The van der Waals surface area contributed by atoms with Crippen LogP contribution >= 0.6 is 0 Å². The second kappa shape index (κ2) is 7.33. The van der Waals surface area contributed by atoms with E-state index in [-0.39, 0.29) is 18.0 Å². The van der Waals surface area contributed by atoms with E-state index in [1.165, 1.54) is 0 Å². The highest BCUT2D eigenvalue weighted by Gasteiger charge is 2.29. The maximum atomic E-state index is 12.2. The van der Waals surface area contributed by atoms with Gasteiger partial charge in [-0.15, -0.1) is 0 Å². The maximum Gasteiger partial charge on any atom is 0.239 e. The Bertz CT molecular complexity index is 463. The van der Waals surface area contributed by atoms with E-state index in [2.05, 4.69) is 25.5 Å². The largest absolute Gasteiger partial charge is 0.378 e. The van der Waals surface area contributed by atoms with Gasteiger partial charge in [-0.05, 0) is 13.8 Å². The number of nitrogens with one attached hydrogen (secondary N) is 2. The fraction of sp³-hybridized carbons (Fsp3) is 0.643. The number of morpholine rings is 1. The Kier molecular flexibility index (Phi) is 5.46. The van der Waals surface area contributed by atoms with Gasteiger partial charge in [0, 0.05) is 26.2 Å². The van der Waals surface area contributed by atoms with Crippen molar-refractivity contribution in [1.29, 1.82) is 0 Å². The smallest absolute Gasteiger partial charge is 0.239 e.